The summed E-state index contributed by atoms with van der Waals surface area (Å²) in [5.74, 6) is 1.86. The van der Waals surface area contributed by atoms with Crippen LogP contribution < -0.4 is 21.1 Å². The van der Waals surface area contributed by atoms with Gasteiger partial charge in [0.25, 0.3) is 6.71 Å². The molecule has 39 heavy (non-hydrogen) atoms. The van der Waals surface area contributed by atoms with Gasteiger partial charge in [-0.15, -0.1) is 0 Å². The maximum absolute atomic E-state index is 6.67. The van der Waals surface area contributed by atoms with Crippen molar-refractivity contribution in [3.8, 4) is 22.6 Å². The molecule has 0 unspecified atom stereocenters. The Balaban J connectivity index is 1.39. The monoisotopic (exact) mass is 495 g/mol. The van der Waals surface area contributed by atoms with E-state index in [9.17, 15) is 0 Å². The molecular weight excluding hydrogens is 473 g/mol. The molecule has 0 fully saturated rings. The molecule has 0 amide bonds. The molecule has 1 aliphatic rings. The van der Waals surface area contributed by atoms with E-state index in [1.807, 2.05) is 0 Å². The molecule has 9 rings (SSSR count). The molecule has 0 saturated heterocycles. The number of aromatic nitrogens is 1. The maximum atomic E-state index is 6.67. The van der Waals surface area contributed by atoms with Crippen molar-refractivity contribution in [1.29, 1.82) is 0 Å². The first-order valence-corrected chi connectivity index (χ1v) is 13.5. The van der Waals surface area contributed by atoms with Gasteiger partial charge in [0.2, 0.25) is 0 Å². The highest BCUT2D eigenvalue weighted by molar-refractivity contribution is 6.97. The lowest BCUT2D eigenvalue weighted by molar-refractivity contribution is 0.488. The van der Waals surface area contributed by atoms with Crippen LogP contribution in [0.1, 0.15) is 0 Å². The number of hydrogen-bond acceptors (Lipinski definition) is 1. The Morgan fingerprint density at radius 3 is 2.05 bits per heavy atom. The molecule has 0 radical (unpaired) electrons. The number of rotatable bonds is 2. The summed E-state index contributed by atoms with van der Waals surface area (Å²) in [6.45, 7) is 0.0579. The molecule has 2 aromatic heterocycles. The first-order valence-electron chi connectivity index (χ1n) is 13.5. The summed E-state index contributed by atoms with van der Waals surface area (Å²) in [4.78, 5) is 0. The Morgan fingerprint density at radius 2 is 1.15 bits per heavy atom. The fraction of sp³-hybridized carbons (Fsp3) is 0. The third-order valence-corrected chi connectivity index (χ3v) is 8.47. The molecule has 0 aliphatic carbocycles. The molecule has 3 heterocycles. The zero-order valence-corrected chi connectivity index (χ0v) is 21.1. The van der Waals surface area contributed by atoms with Crippen LogP contribution in [0.15, 0.2) is 133 Å². The standard InChI is InChI=1S/C36H22BNO/c1-2-11-23(12-3-1)24-13-4-6-17-29(24)37-30-18-7-9-20-34(30)39-35-22-33-28(21-31(35)37)27-16-10-15-26-25-14-5-8-19-32(25)38(33)36(26)27/h1-22H. The van der Waals surface area contributed by atoms with Gasteiger partial charge in [-0.05, 0) is 34.2 Å². The summed E-state index contributed by atoms with van der Waals surface area (Å²) in [6, 6.07) is 48.1. The van der Waals surface area contributed by atoms with Crippen LogP contribution in [0.25, 0.3) is 49.2 Å². The topological polar surface area (TPSA) is 13.6 Å². The molecule has 6 aromatic carbocycles. The highest BCUT2D eigenvalue weighted by Crippen LogP contribution is 2.40. The second-order valence-corrected chi connectivity index (χ2v) is 10.5. The molecule has 2 nitrogen and oxygen atoms in total. The molecule has 3 heteroatoms. The van der Waals surface area contributed by atoms with E-state index in [1.165, 1.54) is 65.6 Å². The molecule has 1 aliphatic heterocycles. The SMILES string of the molecule is c1ccc(-c2ccccc2B2c3ccccc3Oc3cc4c(cc32)c2cccc3c5ccccc5n4c32)cc1. The van der Waals surface area contributed by atoms with Crippen molar-refractivity contribution in [2.45, 2.75) is 0 Å². The van der Waals surface area contributed by atoms with Gasteiger partial charge < -0.3 is 9.14 Å². The van der Waals surface area contributed by atoms with Crippen molar-refractivity contribution in [2.75, 3.05) is 0 Å². The Bertz CT molecular complexity index is 2210. The molecule has 0 spiro atoms. The summed E-state index contributed by atoms with van der Waals surface area (Å²) in [5, 5.41) is 5.15. The highest BCUT2D eigenvalue weighted by atomic mass is 16.5. The van der Waals surface area contributed by atoms with Gasteiger partial charge >= 0.3 is 0 Å². The van der Waals surface area contributed by atoms with Crippen LogP contribution in [0.2, 0.25) is 0 Å². The summed E-state index contributed by atoms with van der Waals surface area (Å²) in [7, 11) is 0. The van der Waals surface area contributed by atoms with Gasteiger partial charge in [0, 0.05) is 27.6 Å². The van der Waals surface area contributed by atoms with Gasteiger partial charge in [0.1, 0.15) is 11.5 Å². The number of hydrogen-bond donors (Lipinski definition) is 0. The number of ether oxygens (including phenoxy) is 1. The van der Waals surface area contributed by atoms with E-state index < -0.39 is 0 Å². The van der Waals surface area contributed by atoms with Gasteiger partial charge in [0.15, 0.2) is 0 Å². The first kappa shape index (κ1) is 21.0. The Hall–Kier alpha value is -5.02. The molecule has 0 N–H and O–H groups in total. The fourth-order valence-corrected chi connectivity index (χ4v) is 6.85. The van der Waals surface area contributed by atoms with E-state index in [4.69, 9.17) is 4.74 Å². The lowest BCUT2D eigenvalue weighted by Crippen LogP contribution is -2.55. The van der Waals surface area contributed by atoms with Crippen LogP contribution in [0.4, 0.5) is 0 Å². The van der Waals surface area contributed by atoms with Crippen LogP contribution in [-0.4, -0.2) is 11.1 Å². The molecular formula is C36H22BNO. The summed E-state index contributed by atoms with van der Waals surface area (Å²) < 4.78 is 9.09. The van der Waals surface area contributed by atoms with Crippen molar-refractivity contribution in [2.24, 2.45) is 0 Å². The predicted octanol–water partition coefficient (Wildman–Crippen LogP) is 7.13. The minimum Gasteiger partial charge on any atom is -0.458 e. The summed E-state index contributed by atoms with van der Waals surface area (Å²) in [5.41, 5.74) is 9.91. The van der Waals surface area contributed by atoms with Crippen LogP contribution in [0, 0.1) is 0 Å². The third-order valence-electron chi connectivity index (χ3n) is 8.47. The minimum atomic E-state index is 0.0579. The molecule has 8 aromatic rings. The lowest BCUT2D eigenvalue weighted by atomic mass is 9.35. The lowest BCUT2D eigenvalue weighted by Gasteiger charge is -2.28. The third kappa shape index (κ3) is 2.82. The van der Waals surface area contributed by atoms with Crippen molar-refractivity contribution < 1.29 is 4.74 Å². The minimum absolute atomic E-state index is 0.0579. The average Bonchev–Trinajstić information content (AvgIpc) is 3.51. The van der Waals surface area contributed by atoms with E-state index in [1.54, 1.807) is 0 Å². The van der Waals surface area contributed by atoms with E-state index in [-0.39, 0.29) is 6.71 Å². The van der Waals surface area contributed by atoms with E-state index in [0.29, 0.717) is 0 Å². The van der Waals surface area contributed by atoms with Gasteiger partial charge in [-0.2, -0.15) is 0 Å². The first-order chi connectivity index (χ1) is 19.4. The normalized spacial score (nSPS) is 12.8. The van der Waals surface area contributed by atoms with Gasteiger partial charge in [-0.3, -0.25) is 0 Å². The Labute approximate surface area is 226 Å². The summed E-state index contributed by atoms with van der Waals surface area (Å²) >= 11 is 0. The number of para-hydroxylation sites is 3. The maximum Gasteiger partial charge on any atom is 0.251 e. The van der Waals surface area contributed by atoms with Crippen LogP contribution >= 0.6 is 0 Å². The summed E-state index contributed by atoms with van der Waals surface area (Å²) in [6.07, 6.45) is 0. The highest BCUT2D eigenvalue weighted by Gasteiger charge is 2.35. The zero-order chi connectivity index (χ0) is 25.5. The molecule has 0 atom stereocenters. The smallest absolute Gasteiger partial charge is 0.251 e. The zero-order valence-electron chi connectivity index (χ0n) is 21.1. The van der Waals surface area contributed by atoms with E-state index in [2.05, 4.69) is 138 Å². The van der Waals surface area contributed by atoms with Gasteiger partial charge in [-0.25, -0.2) is 0 Å². The Morgan fingerprint density at radius 1 is 0.462 bits per heavy atom. The van der Waals surface area contributed by atoms with Crippen molar-refractivity contribution >= 4 is 61.2 Å². The van der Waals surface area contributed by atoms with E-state index in [0.717, 1.165) is 11.5 Å². The van der Waals surface area contributed by atoms with Gasteiger partial charge in [0.05, 0.1) is 16.6 Å². The average molecular weight is 495 g/mol. The second-order valence-electron chi connectivity index (χ2n) is 10.5. The number of fused-ring (bicyclic) bond motifs is 8. The largest absolute Gasteiger partial charge is 0.458 e. The molecule has 0 bridgehead atoms. The number of nitrogens with zero attached hydrogens (tertiary/aromatic N) is 1. The van der Waals surface area contributed by atoms with Crippen molar-refractivity contribution in [3.63, 3.8) is 0 Å². The van der Waals surface area contributed by atoms with Crippen molar-refractivity contribution in [1.82, 2.24) is 4.40 Å². The fourth-order valence-electron chi connectivity index (χ4n) is 6.85. The second kappa shape index (κ2) is 7.75. The Kier molecular flexibility index (Phi) is 4.17. The molecule has 180 valence electrons. The predicted molar refractivity (Wildman–Crippen MR) is 164 cm³/mol. The number of benzene rings is 6. The van der Waals surface area contributed by atoms with E-state index >= 15 is 0 Å². The van der Waals surface area contributed by atoms with Crippen LogP contribution in [-0.2, 0) is 0 Å². The van der Waals surface area contributed by atoms with Crippen LogP contribution in [0.5, 0.6) is 11.5 Å². The van der Waals surface area contributed by atoms with Crippen LogP contribution in [0.3, 0.4) is 0 Å². The van der Waals surface area contributed by atoms with Crippen molar-refractivity contribution in [3.05, 3.63) is 133 Å². The molecule has 0 saturated carbocycles. The quantitative estimate of drug-likeness (QED) is 0.233. The van der Waals surface area contributed by atoms with Gasteiger partial charge in [-0.1, -0.05) is 121 Å².